The fraction of sp³-hybridized carbons (Fsp3) is 0.286. The van der Waals surface area contributed by atoms with E-state index in [-0.39, 0.29) is 5.69 Å². The fourth-order valence-electron chi connectivity index (χ4n) is 3.43. The van der Waals surface area contributed by atoms with Crippen molar-refractivity contribution in [1.29, 1.82) is 0 Å². The Kier molecular flexibility index (Phi) is 5.16. The van der Waals surface area contributed by atoms with Crippen LogP contribution in [0.2, 0.25) is 0 Å². The van der Waals surface area contributed by atoms with Crippen LogP contribution in [-0.4, -0.2) is 14.5 Å². The molecule has 5 heteroatoms. The van der Waals surface area contributed by atoms with Crippen LogP contribution in [0.1, 0.15) is 35.2 Å². The maximum Gasteiger partial charge on any atom is 0.349 e. The Morgan fingerprint density at radius 1 is 0.962 bits per heavy atom. The van der Waals surface area contributed by atoms with Crippen molar-refractivity contribution in [3.63, 3.8) is 0 Å². The minimum Gasteiger partial charge on any atom is -0.292 e. The highest BCUT2D eigenvalue weighted by Crippen LogP contribution is 2.30. The normalized spacial score (nSPS) is 13.4. The van der Waals surface area contributed by atoms with Crippen LogP contribution >= 0.6 is 11.8 Å². The van der Waals surface area contributed by atoms with Crippen molar-refractivity contribution in [2.75, 3.05) is 0 Å². The second kappa shape index (κ2) is 7.87. The highest BCUT2D eigenvalue weighted by atomic mass is 32.2. The summed E-state index contributed by atoms with van der Waals surface area (Å²) in [5, 5.41) is 0.916. The minimum absolute atomic E-state index is 0.141. The number of fused-ring (bicyclic) bond motifs is 1. The molecule has 0 amide bonds. The molecule has 0 N–H and O–H groups in total. The van der Waals surface area contributed by atoms with Gasteiger partial charge in [0.15, 0.2) is 0 Å². The summed E-state index contributed by atoms with van der Waals surface area (Å²) in [6, 6.07) is 14.3. The van der Waals surface area contributed by atoms with E-state index in [2.05, 4.69) is 22.1 Å². The van der Waals surface area contributed by atoms with E-state index >= 15 is 0 Å². The molecule has 1 aliphatic rings. The lowest BCUT2D eigenvalue weighted by Crippen LogP contribution is -2.30. The van der Waals surface area contributed by atoms with Crippen LogP contribution in [0, 0.1) is 0 Å². The van der Waals surface area contributed by atoms with Gasteiger partial charge in [0.2, 0.25) is 0 Å². The lowest BCUT2D eigenvalue weighted by atomic mass is 9.97. The van der Waals surface area contributed by atoms with Crippen molar-refractivity contribution in [1.82, 2.24) is 14.5 Å². The zero-order valence-electron chi connectivity index (χ0n) is 14.6. The third-order valence-electron chi connectivity index (χ3n) is 4.76. The number of rotatable bonds is 5. The summed E-state index contributed by atoms with van der Waals surface area (Å²) in [7, 11) is 0. The summed E-state index contributed by atoms with van der Waals surface area (Å²) >= 11 is 1.68. The second-order valence-corrected chi connectivity index (χ2v) is 7.51. The van der Waals surface area contributed by atoms with E-state index in [9.17, 15) is 4.79 Å². The minimum atomic E-state index is -0.141. The molecule has 0 fully saturated rings. The number of benzene rings is 1. The molecule has 3 aromatic rings. The number of aromatic nitrogens is 3. The molecule has 0 saturated heterocycles. The van der Waals surface area contributed by atoms with Gasteiger partial charge in [0, 0.05) is 29.4 Å². The lowest BCUT2D eigenvalue weighted by Gasteiger charge is -2.22. The molecule has 0 saturated carbocycles. The largest absolute Gasteiger partial charge is 0.349 e. The van der Waals surface area contributed by atoms with Crippen molar-refractivity contribution in [3.05, 3.63) is 87.7 Å². The van der Waals surface area contributed by atoms with E-state index in [1.54, 1.807) is 24.2 Å². The average Bonchev–Trinajstić information content (AvgIpc) is 2.70. The number of hydrogen-bond acceptors (Lipinski definition) is 4. The SMILES string of the molecule is O=c1nc(SCc2ccccc2)c2c(n1Cc1ccncc1)CCCC2. The Bertz CT molecular complexity index is 939. The summed E-state index contributed by atoms with van der Waals surface area (Å²) in [5.41, 5.74) is 4.64. The molecule has 1 aliphatic carbocycles. The van der Waals surface area contributed by atoms with Gasteiger partial charge in [0.05, 0.1) is 6.54 Å². The van der Waals surface area contributed by atoms with Crippen LogP contribution in [0.4, 0.5) is 0 Å². The predicted octanol–water partition coefficient (Wildman–Crippen LogP) is 3.86. The Morgan fingerprint density at radius 3 is 2.54 bits per heavy atom. The first-order chi connectivity index (χ1) is 12.8. The molecule has 132 valence electrons. The molecule has 0 spiro atoms. The summed E-state index contributed by atoms with van der Waals surface area (Å²) in [6.07, 6.45) is 7.80. The smallest absolute Gasteiger partial charge is 0.292 e. The van der Waals surface area contributed by atoms with E-state index in [1.165, 1.54) is 23.2 Å². The zero-order valence-corrected chi connectivity index (χ0v) is 15.4. The van der Waals surface area contributed by atoms with Crippen LogP contribution in [0.15, 0.2) is 64.7 Å². The molecule has 0 aliphatic heterocycles. The van der Waals surface area contributed by atoms with Crippen LogP contribution in [0.5, 0.6) is 0 Å². The van der Waals surface area contributed by atoms with Gasteiger partial charge in [-0.05, 0) is 48.9 Å². The van der Waals surface area contributed by atoms with Crippen molar-refractivity contribution < 1.29 is 0 Å². The van der Waals surface area contributed by atoms with E-state index in [0.29, 0.717) is 6.54 Å². The monoisotopic (exact) mass is 363 g/mol. The van der Waals surface area contributed by atoms with Crippen LogP contribution in [0.3, 0.4) is 0 Å². The molecular formula is C21H21N3OS. The third kappa shape index (κ3) is 3.73. The van der Waals surface area contributed by atoms with Gasteiger partial charge < -0.3 is 0 Å². The number of nitrogens with zero attached hydrogens (tertiary/aromatic N) is 3. The lowest BCUT2D eigenvalue weighted by molar-refractivity contribution is 0.569. The zero-order chi connectivity index (χ0) is 17.8. The summed E-state index contributed by atoms with van der Waals surface area (Å²) in [5.74, 6) is 0.841. The molecule has 0 atom stereocenters. The number of pyridine rings is 1. The van der Waals surface area contributed by atoms with Crippen LogP contribution in [0.25, 0.3) is 0 Å². The maximum atomic E-state index is 12.8. The first-order valence-corrected chi connectivity index (χ1v) is 9.98. The van der Waals surface area contributed by atoms with Crippen LogP contribution < -0.4 is 5.69 Å². The Balaban J connectivity index is 1.66. The van der Waals surface area contributed by atoms with Gasteiger partial charge in [-0.25, -0.2) is 4.79 Å². The fourth-order valence-corrected chi connectivity index (χ4v) is 4.46. The van der Waals surface area contributed by atoms with Gasteiger partial charge in [-0.3, -0.25) is 9.55 Å². The topological polar surface area (TPSA) is 47.8 Å². The van der Waals surface area contributed by atoms with Crippen molar-refractivity contribution in [2.24, 2.45) is 0 Å². The third-order valence-corrected chi connectivity index (χ3v) is 5.85. The molecule has 4 rings (SSSR count). The van der Waals surface area contributed by atoms with Gasteiger partial charge in [-0.1, -0.05) is 30.3 Å². The molecule has 26 heavy (non-hydrogen) atoms. The summed E-state index contributed by atoms with van der Waals surface area (Å²) in [6.45, 7) is 0.570. The number of hydrogen-bond donors (Lipinski definition) is 0. The molecule has 0 unspecified atom stereocenters. The van der Waals surface area contributed by atoms with E-state index in [4.69, 9.17) is 0 Å². The van der Waals surface area contributed by atoms with E-state index < -0.39 is 0 Å². The highest BCUT2D eigenvalue weighted by molar-refractivity contribution is 7.98. The van der Waals surface area contributed by atoms with Gasteiger partial charge in [-0.15, -0.1) is 11.8 Å². The molecular weight excluding hydrogens is 342 g/mol. The van der Waals surface area contributed by atoms with E-state index in [0.717, 1.165) is 35.6 Å². The summed E-state index contributed by atoms with van der Waals surface area (Å²) in [4.78, 5) is 21.3. The number of thioether (sulfide) groups is 1. The molecule has 1 aromatic carbocycles. The average molecular weight is 363 g/mol. The molecule has 4 nitrogen and oxygen atoms in total. The first-order valence-electron chi connectivity index (χ1n) is 8.99. The molecule has 0 bridgehead atoms. The van der Waals surface area contributed by atoms with Crippen molar-refractivity contribution in [3.8, 4) is 0 Å². The summed E-state index contributed by atoms with van der Waals surface area (Å²) < 4.78 is 1.86. The molecule has 2 heterocycles. The molecule has 2 aromatic heterocycles. The van der Waals surface area contributed by atoms with E-state index in [1.807, 2.05) is 34.9 Å². The second-order valence-electron chi connectivity index (χ2n) is 6.55. The Morgan fingerprint density at radius 2 is 1.73 bits per heavy atom. The van der Waals surface area contributed by atoms with Crippen LogP contribution in [-0.2, 0) is 25.1 Å². The molecule has 0 radical (unpaired) electrons. The maximum absolute atomic E-state index is 12.8. The Hall–Kier alpha value is -2.40. The Labute approximate surface area is 157 Å². The van der Waals surface area contributed by atoms with Gasteiger partial charge in [0.25, 0.3) is 0 Å². The standard InChI is InChI=1S/C21H21N3OS/c25-21-23-20(26-15-17-6-2-1-3-7-17)18-8-4-5-9-19(18)24(21)14-16-10-12-22-13-11-16/h1-3,6-7,10-13H,4-5,8-9,14-15H2. The van der Waals surface area contributed by atoms with Crippen molar-refractivity contribution in [2.45, 2.75) is 43.0 Å². The predicted molar refractivity (Wildman–Crippen MR) is 104 cm³/mol. The quantitative estimate of drug-likeness (QED) is 0.510. The first kappa shape index (κ1) is 17.0. The van der Waals surface area contributed by atoms with Gasteiger partial charge >= 0.3 is 5.69 Å². The van der Waals surface area contributed by atoms with Gasteiger partial charge in [-0.2, -0.15) is 4.98 Å². The van der Waals surface area contributed by atoms with Crippen molar-refractivity contribution >= 4 is 11.8 Å². The highest BCUT2D eigenvalue weighted by Gasteiger charge is 2.20. The van der Waals surface area contributed by atoms with Gasteiger partial charge in [0.1, 0.15) is 5.03 Å².